The molecule has 0 aliphatic heterocycles. The van der Waals surface area contributed by atoms with E-state index in [2.05, 4.69) is 4.57 Å². The van der Waals surface area contributed by atoms with Gasteiger partial charge in [-0.05, 0) is 31.9 Å². The predicted molar refractivity (Wildman–Crippen MR) is 43.3 cm³/mol. The Hall–Kier alpha value is -0.760. The molecule has 11 heavy (non-hydrogen) atoms. The summed E-state index contributed by atoms with van der Waals surface area (Å²) in [7, 11) is 0. The monoisotopic (exact) mass is 151 g/mol. The van der Waals surface area contributed by atoms with Crippen LogP contribution in [0.25, 0.3) is 0 Å². The Labute approximate surface area is 66.5 Å². The molecule has 1 aliphatic rings. The van der Waals surface area contributed by atoms with Crippen molar-refractivity contribution >= 4 is 0 Å². The summed E-state index contributed by atoms with van der Waals surface area (Å²) in [6.45, 7) is 1.90. The summed E-state index contributed by atoms with van der Waals surface area (Å²) in [6, 6.07) is 4.29. The SMILES string of the molecule is CC1(O)CCC1n1cccc1. The summed E-state index contributed by atoms with van der Waals surface area (Å²) in [6.07, 6.45) is 6.05. The zero-order valence-electron chi connectivity index (χ0n) is 6.70. The molecule has 1 saturated carbocycles. The zero-order valence-corrected chi connectivity index (χ0v) is 6.70. The number of hydrogen-bond acceptors (Lipinski definition) is 1. The molecule has 1 heterocycles. The summed E-state index contributed by atoms with van der Waals surface area (Å²) in [5, 5.41) is 9.72. The van der Waals surface area contributed by atoms with Gasteiger partial charge >= 0.3 is 0 Å². The fraction of sp³-hybridized carbons (Fsp3) is 0.556. The number of aliphatic hydroxyl groups is 1. The van der Waals surface area contributed by atoms with E-state index < -0.39 is 5.60 Å². The lowest BCUT2D eigenvalue weighted by atomic mass is 9.76. The third-order valence-electron chi connectivity index (χ3n) is 2.63. The van der Waals surface area contributed by atoms with Crippen LogP contribution >= 0.6 is 0 Å². The Morgan fingerprint density at radius 1 is 1.45 bits per heavy atom. The summed E-state index contributed by atoms with van der Waals surface area (Å²) in [5.74, 6) is 0. The predicted octanol–water partition coefficient (Wildman–Crippen LogP) is 1.57. The molecule has 0 amide bonds. The van der Waals surface area contributed by atoms with Crippen molar-refractivity contribution in [3.05, 3.63) is 24.5 Å². The van der Waals surface area contributed by atoms with Crippen molar-refractivity contribution in [2.24, 2.45) is 0 Å². The molecule has 0 aromatic carbocycles. The second-order valence-corrected chi connectivity index (χ2v) is 3.54. The first-order valence-electron chi connectivity index (χ1n) is 4.05. The van der Waals surface area contributed by atoms with E-state index in [1.165, 1.54) is 0 Å². The molecular weight excluding hydrogens is 138 g/mol. The average Bonchev–Trinajstić information content (AvgIpc) is 2.38. The molecule has 2 nitrogen and oxygen atoms in total. The molecule has 0 radical (unpaired) electrons. The first-order valence-corrected chi connectivity index (χ1v) is 4.05. The van der Waals surface area contributed by atoms with Crippen LogP contribution in [0.3, 0.4) is 0 Å². The molecular formula is C9H13NO. The molecule has 2 unspecified atom stereocenters. The van der Waals surface area contributed by atoms with Gasteiger partial charge in [-0.3, -0.25) is 0 Å². The molecule has 0 spiro atoms. The molecule has 1 aromatic rings. The molecule has 1 N–H and O–H groups in total. The lowest BCUT2D eigenvalue weighted by molar-refractivity contribution is -0.0690. The number of aromatic nitrogens is 1. The summed E-state index contributed by atoms with van der Waals surface area (Å²) in [5.41, 5.74) is -0.473. The highest BCUT2D eigenvalue weighted by Crippen LogP contribution is 2.41. The minimum Gasteiger partial charge on any atom is -0.388 e. The molecule has 1 aromatic heterocycles. The van der Waals surface area contributed by atoms with Crippen LogP contribution in [-0.2, 0) is 0 Å². The Morgan fingerprint density at radius 3 is 2.45 bits per heavy atom. The van der Waals surface area contributed by atoms with Gasteiger partial charge in [0.2, 0.25) is 0 Å². The fourth-order valence-electron chi connectivity index (χ4n) is 1.72. The smallest absolute Gasteiger partial charge is 0.0826 e. The highest BCUT2D eigenvalue weighted by molar-refractivity contribution is 5.02. The third kappa shape index (κ3) is 0.979. The molecule has 2 rings (SSSR count). The second-order valence-electron chi connectivity index (χ2n) is 3.54. The maximum absolute atomic E-state index is 9.72. The van der Waals surface area contributed by atoms with E-state index in [9.17, 15) is 5.11 Å². The second kappa shape index (κ2) is 2.11. The van der Waals surface area contributed by atoms with Crippen molar-refractivity contribution in [1.29, 1.82) is 0 Å². The summed E-state index contributed by atoms with van der Waals surface area (Å²) >= 11 is 0. The van der Waals surface area contributed by atoms with Crippen LogP contribution < -0.4 is 0 Å². The number of hydrogen-bond donors (Lipinski definition) is 1. The van der Waals surface area contributed by atoms with Crippen LogP contribution in [0.2, 0.25) is 0 Å². The van der Waals surface area contributed by atoms with Gasteiger partial charge in [0, 0.05) is 12.4 Å². The van der Waals surface area contributed by atoms with Gasteiger partial charge in [0.1, 0.15) is 0 Å². The van der Waals surface area contributed by atoms with Gasteiger partial charge in [0.05, 0.1) is 11.6 Å². The van der Waals surface area contributed by atoms with Crippen LogP contribution in [0.15, 0.2) is 24.5 Å². The lowest BCUT2D eigenvalue weighted by Gasteiger charge is -2.43. The van der Waals surface area contributed by atoms with E-state index in [1.54, 1.807) is 0 Å². The van der Waals surface area contributed by atoms with Crippen molar-refractivity contribution in [3.63, 3.8) is 0 Å². The van der Waals surface area contributed by atoms with Crippen LogP contribution in [-0.4, -0.2) is 15.3 Å². The molecule has 2 heteroatoms. The molecule has 0 bridgehead atoms. The Kier molecular flexibility index (Phi) is 1.33. The van der Waals surface area contributed by atoms with Crippen LogP contribution in [0.5, 0.6) is 0 Å². The van der Waals surface area contributed by atoms with E-state index in [0.29, 0.717) is 6.04 Å². The van der Waals surface area contributed by atoms with Crippen molar-refractivity contribution in [2.75, 3.05) is 0 Å². The van der Waals surface area contributed by atoms with Crippen LogP contribution in [0, 0.1) is 0 Å². The van der Waals surface area contributed by atoms with Crippen molar-refractivity contribution in [2.45, 2.75) is 31.4 Å². The van der Waals surface area contributed by atoms with Gasteiger partial charge in [0.15, 0.2) is 0 Å². The Bertz CT molecular complexity index is 238. The van der Waals surface area contributed by atoms with Crippen molar-refractivity contribution < 1.29 is 5.11 Å². The maximum atomic E-state index is 9.72. The van der Waals surface area contributed by atoms with Gasteiger partial charge in [0.25, 0.3) is 0 Å². The van der Waals surface area contributed by atoms with Gasteiger partial charge in [-0.1, -0.05) is 0 Å². The average molecular weight is 151 g/mol. The minimum absolute atomic E-state index is 0.303. The normalized spacial score (nSPS) is 36.7. The summed E-state index contributed by atoms with van der Waals surface area (Å²) < 4.78 is 2.09. The Morgan fingerprint density at radius 2 is 2.09 bits per heavy atom. The molecule has 1 fully saturated rings. The standard InChI is InChI=1S/C9H13NO/c1-9(11)5-4-8(9)10-6-2-3-7-10/h2-3,6-8,11H,4-5H2,1H3. The van der Waals surface area contributed by atoms with E-state index in [4.69, 9.17) is 0 Å². The minimum atomic E-state index is -0.473. The maximum Gasteiger partial charge on any atom is 0.0826 e. The largest absolute Gasteiger partial charge is 0.388 e. The van der Waals surface area contributed by atoms with E-state index in [-0.39, 0.29) is 0 Å². The lowest BCUT2D eigenvalue weighted by Crippen LogP contribution is -2.44. The summed E-state index contributed by atoms with van der Waals surface area (Å²) in [4.78, 5) is 0. The topological polar surface area (TPSA) is 25.2 Å². The molecule has 60 valence electrons. The van der Waals surface area contributed by atoms with Gasteiger partial charge < -0.3 is 9.67 Å². The quantitative estimate of drug-likeness (QED) is 0.647. The first-order chi connectivity index (χ1) is 5.20. The number of rotatable bonds is 1. The van der Waals surface area contributed by atoms with Crippen molar-refractivity contribution in [1.82, 2.24) is 4.57 Å². The fourth-order valence-corrected chi connectivity index (χ4v) is 1.72. The van der Waals surface area contributed by atoms with Gasteiger partial charge in [-0.25, -0.2) is 0 Å². The van der Waals surface area contributed by atoms with E-state index in [1.807, 2.05) is 31.5 Å². The van der Waals surface area contributed by atoms with Gasteiger partial charge in [-0.15, -0.1) is 0 Å². The first kappa shape index (κ1) is 6.92. The molecule has 0 saturated heterocycles. The number of nitrogens with zero attached hydrogens (tertiary/aromatic N) is 1. The van der Waals surface area contributed by atoms with Crippen LogP contribution in [0.4, 0.5) is 0 Å². The van der Waals surface area contributed by atoms with Crippen LogP contribution in [0.1, 0.15) is 25.8 Å². The molecule has 2 atom stereocenters. The van der Waals surface area contributed by atoms with Crippen molar-refractivity contribution in [3.8, 4) is 0 Å². The van der Waals surface area contributed by atoms with E-state index in [0.717, 1.165) is 12.8 Å². The highest BCUT2D eigenvalue weighted by atomic mass is 16.3. The van der Waals surface area contributed by atoms with E-state index >= 15 is 0 Å². The highest BCUT2D eigenvalue weighted by Gasteiger charge is 2.41. The zero-order chi connectivity index (χ0) is 7.90. The van der Waals surface area contributed by atoms with Gasteiger partial charge in [-0.2, -0.15) is 0 Å². The third-order valence-corrected chi connectivity index (χ3v) is 2.63. The Balaban J connectivity index is 2.20. The molecule has 1 aliphatic carbocycles.